The maximum absolute atomic E-state index is 14.9. The quantitative estimate of drug-likeness (QED) is 0.510. The minimum Gasteiger partial charge on any atom is -0.370 e. The number of hydrogen-bond donors (Lipinski definition) is 1. The average Bonchev–Trinajstić information content (AvgIpc) is 3.23. The van der Waals surface area contributed by atoms with Crippen molar-refractivity contribution >= 4 is 16.7 Å². The van der Waals surface area contributed by atoms with Gasteiger partial charge < -0.3 is 4.84 Å². The standard InChI is InChI=1S/C22H20FN5O3/c1-22(2,3)15-7-13-10-26-28(20(29)19(13)18(23)8-15)17-6-4-5-16(9-17)27-12-14(11-25-27)21(30)31-24/h4-12H,24H2,1-3H3. The van der Waals surface area contributed by atoms with Crippen LogP contribution in [0.2, 0.25) is 0 Å². The topological polar surface area (TPSA) is 105 Å². The van der Waals surface area contributed by atoms with Gasteiger partial charge in [-0.15, -0.1) is 0 Å². The summed E-state index contributed by atoms with van der Waals surface area (Å²) in [5, 5.41) is 8.76. The molecule has 2 aromatic heterocycles. The van der Waals surface area contributed by atoms with Gasteiger partial charge in [0.2, 0.25) is 0 Å². The van der Waals surface area contributed by atoms with Crippen molar-refractivity contribution in [1.82, 2.24) is 19.6 Å². The monoisotopic (exact) mass is 421 g/mol. The van der Waals surface area contributed by atoms with Crippen LogP contribution in [-0.2, 0) is 10.3 Å². The number of carbonyl (C=O) groups excluding carboxylic acids is 1. The van der Waals surface area contributed by atoms with Crippen molar-refractivity contribution in [2.45, 2.75) is 26.2 Å². The molecule has 0 aliphatic rings. The Balaban J connectivity index is 1.81. The zero-order chi connectivity index (χ0) is 22.3. The summed E-state index contributed by atoms with van der Waals surface area (Å²) in [5.74, 6) is 3.59. The SMILES string of the molecule is CC(C)(C)c1cc(F)c2c(=O)n(-c3cccc(-n4cc(C(=O)ON)cn4)c3)ncc2c1. The third kappa shape index (κ3) is 3.71. The van der Waals surface area contributed by atoms with Crippen molar-refractivity contribution in [2.24, 2.45) is 5.90 Å². The summed E-state index contributed by atoms with van der Waals surface area (Å²) in [5.41, 5.74) is 1.10. The molecule has 8 nitrogen and oxygen atoms in total. The summed E-state index contributed by atoms with van der Waals surface area (Å²) in [7, 11) is 0. The van der Waals surface area contributed by atoms with Gasteiger partial charge in [0.1, 0.15) is 5.82 Å². The van der Waals surface area contributed by atoms with Crippen molar-refractivity contribution in [2.75, 3.05) is 0 Å². The molecule has 0 saturated carbocycles. The Labute approximate surface area is 176 Å². The second kappa shape index (κ2) is 7.44. The fourth-order valence-corrected chi connectivity index (χ4v) is 3.26. The van der Waals surface area contributed by atoms with E-state index in [1.807, 2.05) is 20.8 Å². The number of halogens is 1. The molecule has 0 fully saturated rings. The number of benzene rings is 2. The van der Waals surface area contributed by atoms with E-state index in [4.69, 9.17) is 5.90 Å². The highest BCUT2D eigenvalue weighted by Crippen LogP contribution is 2.27. The molecule has 4 aromatic rings. The Bertz CT molecular complexity index is 1370. The lowest BCUT2D eigenvalue weighted by atomic mass is 9.86. The first-order valence-corrected chi connectivity index (χ1v) is 9.47. The average molecular weight is 421 g/mol. The molecule has 31 heavy (non-hydrogen) atoms. The maximum atomic E-state index is 14.9. The fraction of sp³-hybridized carbons (Fsp3) is 0.182. The van der Waals surface area contributed by atoms with Crippen LogP contribution in [0.4, 0.5) is 4.39 Å². The van der Waals surface area contributed by atoms with Gasteiger partial charge in [-0.2, -0.15) is 20.8 Å². The first kappa shape index (κ1) is 20.4. The molecule has 2 heterocycles. The molecule has 9 heteroatoms. The highest BCUT2D eigenvalue weighted by Gasteiger charge is 2.19. The third-order valence-corrected chi connectivity index (χ3v) is 4.97. The normalized spacial score (nSPS) is 11.6. The Morgan fingerprint density at radius 2 is 1.84 bits per heavy atom. The van der Waals surface area contributed by atoms with E-state index < -0.39 is 17.3 Å². The molecule has 0 radical (unpaired) electrons. The summed E-state index contributed by atoms with van der Waals surface area (Å²) in [6, 6.07) is 9.93. The van der Waals surface area contributed by atoms with Crippen LogP contribution in [0.5, 0.6) is 0 Å². The minimum absolute atomic E-state index is 0.0273. The second-order valence-electron chi connectivity index (χ2n) is 8.13. The first-order chi connectivity index (χ1) is 14.7. The lowest BCUT2D eigenvalue weighted by Crippen LogP contribution is -2.22. The first-order valence-electron chi connectivity index (χ1n) is 9.47. The molecule has 0 amide bonds. The van der Waals surface area contributed by atoms with Crippen LogP contribution in [0.3, 0.4) is 0 Å². The molecule has 0 unspecified atom stereocenters. The van der Waals surface area contributed by atoms with Gasteiger partial charge in [0.15, 0.2) is 0 Å². The molecule has 0 atom stereocenters. The van der Waals surface area contributed by atoms with Gasteiger partial charge >= 0.3 is 5.97 Å². The molecule has 2 aromatic carbocycles. The van der Waals surface area contributed by atoms with Crippen LogP contribution < -0.4 is 11.5 Å². The van der Waals surface area contributed by atoms with E-state index in [9.17, 15) is 14.0 Å². The van der Waals surface area contributed by atoms with Gasteiger partial charge in [-0.25, -0.2) is 13.9 Å². The van der Waals surface area contributed by atoms with E-state index in [-0.39, 0.29) is 16.4 Å². The molecular formula is C22H20FN5O3. The summed E-state index contributed by atoms with van der Waals surface area (Å²) in [6.45, 7) is 5.92. The number of carbonyl (C=O) groups is 1. The van der Waals surface area contributed by atoms with E-state index in [0.717, 1.165) is 10.2 Å². The van der Waals surface area contributed by atoms with E-state index in [2.05, 4.69) is 15.0 Å². The number of fused-ring (bicyclic) bond motifs is 1. The van der Waals surface area contributed by atoms with Gasteiger partial charge in [-0.1, -0.05) is 26.8 Å². The molecule has 0 bridgehead atoms. The molecule has 0 saturated heterocycles. The van der Waals surface area contributed by atoms with Crippen molar-refractivity contribution in [1.29, 1.82) is 0 Å². The Hall–Kier alpha value is -3.85. The third-order valence-electron chi connectivity index (χ3n) is 4.97. The molecule has 0 spiro atoms. The largest absolute Gasteiger partial charge is 0.370 e. The number of nitrogens with zero attached hydrogens (tertiary/aromatic N) is 4. The number of rotatable bonds is 3. The van der Waals surface area contributed by atoms with Gasteiger partial charge in [0.05, 0.1) is 34.7 Å². The van der Waals surface area contributed by atoms with E-state index in [1.54, 1.807) is 30.3 Å². The van der Waals surface area contributed by atoms with Gasteiger partial charge in [0, 0.05) is 11.6 Å². The summed E-state index contributed by atoms with van der Waals surface area (Å²) < 4.78 is 17.4. The van der Waals surface area contributed by atoms with Crippen molar-refractivity contribution in [3.63, 3.8) is 0 Å². The van der Waals surface area contributed by atoms with Crippen LogP contribution in [0.15, 0.2) is 59.8 Å². The molecule has 0 aliphatic carbocycles. The molecule has 4 rings (SSSR count). The van der Waals surface area contributed by atoms with Gasteiger partial charge in [-0.05, 0) is 41.3 Å². The second-order valence-corrected chi connectivity index (χ2v) is 8.13. The molecule has 2 N–H and O–H groups in total. The van der Waals surface area contributed by atoms with Gasteiger partial charge in [-0.3, -0.25) is 4.79 Å². The molecule has 0 aliphatic heterocycles. The van der Waals surface area contributed by atoms with Crippen LogP contribution in [0, 0.1) is 5.82 Å². The number of hydrogen-bond acceptors (Lipinski definition) is 6. The van der Waals surface area contributed by atoms with Crippen molar-refractivity contribution in [3.05, 3.63) is 82.3 Å². The zero-order valence-corrected chi connectivity index (χ0v) is 17.2. The predicted octanol–water partition coefficient (Wildman–Crippen LogP) is 3.04. The zero-order valence-electron chi connectivity index (χ0n) is 17.2. The van der Waals surface area contributed by atoms with E-state index in [1.165, 1.54) is 29.3 Å². The maximum Gasteiger partial charge on any atom is 0.359 e. The summed E-state index contributed by atoms with van der Waals surface area (Å²) in [6.07, 6.45) is 4.23. The lowest BCUT2D eigenvalue weighted by molar-refractivity contribution is 0.0503. The van der Waals surface area contributed by atoms with Crippen LogP contribution >= 0.6 is 0 Å². The number of nitrogens with two attached hydrogens (primary N) is 1. The van der Waals surface area contributed by atoms with Crippen LogP contribution in [-0.4, -0.2) is 25.5 Å². The lowest BCUT2D eigenvalue weighted by Gasteiger charge is -2.19. The minimum atomic E-state index is -0.722. The Morgan fingerprint density at radius 3 is 2.55 bits per heavy atom. The smallest absolute Gasteiger partial charge is 0.359 e. The van der Waals surface area contributed by atoms with Crippen molar-refractivity contribution < 1.29 is 14.0 Å². The number of aromatic nitrogens is 4. The molecule has 158 valence electrons. The van der Waals surface area contributed by atoms with Crippen molar-refractivity contribution in [3.8, 4) is 11.4 Å². The van der Waals surface area contributed by atoms with E-state index >= 15 is 0 Å². The fourth-order valence-electron chi connectivity index (χ4n) is 3.26. The predicted molar refractivity (Wildman–Crippen MR) is 113 cm³/mol. The summed E-state index contributed by atoms with van der Waals surface area (Å²) >= 11 is 0. The van der Waals surface area contributed by atoms with Gasteiger partial charge in [0.25, 0.3) is 5.56 Å². The van der Waals surface area contributed by atoms with Crippen LogP contribution in [0.25, 0.3) is 22.1 Å². The van der Waals surface area contributed by atoms with E-state index in [0.29, 0.717) is 16.8 Å². The Morgan fingerprint density at radius 1 is 1.10 bits per heavy atom. The van der Waals surface area contributed by atoms with Crippen LogP contribution in [0.1, 0.15) is 36.7 Å². The highest BCUT2D eigenvalue weighted by molar-refractivity contribution is 5.88. The highest BCUT2D eigenvalue weighted by atomic mass is 19.1. The Kier molecular flexibility index (Phi) is 4.90. The summed E-state index contributed by atoms with van der Waals surface area (Å²) in [4.78, 5) is 28.8. The molecular weight excluding hydrogens is 401 g/mol.